The van der Waals surface area contributed by atoms with E-state index in [-0.39, 0.29) is 12.1 Å². The Hall–Kier alpha value is -1.65. The van der Waals surface area contributed by atoms with Crippen LogP contribution in [0, 0.1) is 13.8 Å². The molecule has 1 aliphatic heterocycles. The van der Waals surface area contributed by atoms with Crippen molar-refractivity contribution >= 4 is 0 Å². The summed E-state index contributed by atoms with van der Waals surface area (Å²) >= 11 is 0. The molecule has 2 heterocycles. The third kappa shape index (κ3) is 2.61. The van der Waals surface area contributed by atoms with Gasteiger partial charge in [0.25, 0.3) is 0 Å². The Bertz CT molecular complexity index is 647. The van der Waals surface area contributed by atoms with Crippen molar-refractivity contribution in [3.05, 3.63) is 52.3 Å². The quantitative estimate of drug-likeness (QED) is 0.943. The summed E-state index contributed by atoms with van der Waals surface area (Å²) < 4.78 is 7.88. The number of nitrogens with zero attached hydrogens (tertiary/aromatic N) is 2. The fraction of sp³-hybridized carbons (Fsp3) is 0.471. The van der Waals surface area contributed by atoms with Gasteiger partial charge < -0.3 is 10.5 Å². The fourth-order valence-electron chi connectivity index (χ4n) is 3.35. The molecule has 112 valence electrons. The van der Waals surface area contributed by atoms with E-state index in [2.05, 4.69) is 36.3 Å². The monoisotopic (exact) mass is 285 g/mol. The molecule has 1 aliphatic rings. The maximum absolute atomic E-state index is 6.46. The molecule has 0 saturated heterocycles. The summed E-state index contributed by atoms with van der Waals surface area (Å²) in [6.07, 6.45) is 1.88. The largest absolute Gasteiger partial charge is 0.373 e. The topological polar surface area (TPSA) is 53.1 Å². The molecule has 2 aromatic rings. The second-order valence-electron chi connectivity index (χ2n) is 5.86. The molecule has 2 N–H and O–H groups in total. The summed E-state index contributed by atoms with van der Waals surface area (Å²) in [5, 5.41) is 4.46. The van der Waals surface area contributed by atoms with E-state index < -0.39 is 0 Å². The zero-order valence-electron chi connectivity index (χ0n) is 13.0. The SMILES string of the molecule is Cc1nn(C)c(C)c1C(N)CC1OCCc2ccccc21. The molecule has 3 rings (SSSR count). The molecule has 21 heavy (non-hydrogen) atoms. The van der Waals surface area contributed by atoms with E-state index in [1.54, 1.807) is 0 Å². The number of hydrogen-bond donors (Lipinski definition) is 1. The molecule has 0 saturated carbocycles. The fourth-order valence-corrected chi connectivity index (χ4v) is 3.35. The van der Waals surface area contributed by atoms with Crippen LogP contribution in [0.2, 0.25) is 0 Å². The smallest absolute Gasteiger partial charge is 0.0845 e. The number of aryl methyl sites for hydroxylation is 2. The minimum Gasteiger partial charge on any atom is -0.373 e. The van der Waals surface area contributed by atoms with Gasteiger partial charge in [-0.25, -0.2) is 0 Å². The highest BCUT2D eigenvalue weighted by Gasteiger charge is 2.25. The van der Waals surface area contributed by atoms with Crippen LogP contribution in [0.4, 0.5) is 0 Å². The van der Waals surface area contributed by atoms with Gasteiger partial charge in [0.1, 0.15) is 0 Å². The van der Waals surface area contributed by atoms with Crippen molar-refractivity contribution in [2.45, 2.75) is 38.8 Å². The standard InChI is InChI=1S/C17H23N3O/c1-11-17(12(2)20(3)19-11)15(18)10-16-14-7-5-4-6-13(14)8-9-21-16/h4-7,15-16H,8-10,18H2,1-3H3. The van der Waals surface area contributed by atoms with Crippen molar-refractivity contribution in [2.24, 2.45) is 12.8 Å². The Morgan fingerprint density at radius 1 is 1.38 bits per heavy atom. The van der Waals surface area contributed by atoms with Gasteiger partial charge in [-0.15, -0.1) is 0 Å². The van der Waals surface area contributed by atoms with Gasteiger partial charge in [-0.05, 0) is 37.8 Å². The van der Waals surface area contributed by atoms with E-state index in [0.29, 0.717) is 0 Å². The third-order valence-corrected chi connectivity index (χ3v) is 4.50. The molecular formula is C17H23N3O. The number of fused-ring (bicyclic) bond motifs is 1. The third-order valence-electron chi connectivity index (χ3n) is 4.50. The van der Waals surface area contributed by atoms with Crippen LogP contribution < -0.4 is 5.73 Å². The lowest BCUT2D eigenvalue weighted by Gasteiger charge is -2.28. The van der Waals surface area contributed by atoms with Crippen molar-refractivity contribution in [1.29, 1.82) is 0 Å². The van der Waals surface area contributed by atoms with E-state index in [4.69, 9.17) is 10.5 Å². The predicted octanol–water partition coefficient (Wildman–Crippen LogP) is 2.74. The number of benzene rings is 1. The molecular weight excluding hydrogens is 262 g/mol. The lowest BCUT2D eigenvalue weighted by atomic mass is 9.91. The zero-order chi connectivity index (χ0) is 15.0. The zero-order valence-corrected chi connectivity index (χ0v) is 13.0. The number of nitrogens with two attached hydrogens (primary N) is 1. The summed E-state index contributed by atoms with van der Waals surface area (Å²) in [7, 11) is 1.96. The summed E-state index contributed by atoms with van der Waals surface area (Å²) in [5.41, 5.74) is 12.5. The van der Waals surface area contributed by atoms with E-state index in [1.165, 1.54) is 11.1 Å². The van der Waals surface area contributed by atoms with Gasteiger partial charge in [-0.2, -0.15) is 5.10 Å². The number of aromatic nitrogens is 2. The van der Waals surface area contributed by atoms with Crippen LogP contribution in [0.15, 0.2) is 24.3 Å². The van der Waals surface area contributed by atoms with Crippen molar-refractivity contribution in [1.82, 2.24) is 9.78 Å². The average molecular weight is 285 g/mol. The Morgan fingerprint density at radius 3 is 2.86 bits per heavy atom. The van der Waals surface area contributed by atoms with Gasteiger partial charge in [0, 0.05) is 24.3 Å². The molecule has 0 radical (unpaired) electrons. The Morgan fingerprint density at radius 2 is 2.14 bits per heavy atom. The summed E-state index contributed by atoms with van der Waals surface area (Å²) in [6.45, 7) is 4.88. The molecule has 2 unspecified atom stereocenters. The lowest BCUT2D eigenvalue weighted by molar-refractivity contribution is 0.0319. The number of ether oxygens (including phenoxy) is 1. The van der Waals surface area contributed by atoms with E-state index in [9.17, 15) is 0 Å². The highest BCUT2D eigenvalue weighted by atomic mass is 16.5. The molecule has 1 aromatic heterocycles. The van der Waals surface area contributed by atoms with E-state index in [1.807, 2.05) is 18.7 Å². The maximum Gasteiger partial charge on any atom is 0.0845 e. The molecule has 0 amide bonds. The molecule has 0 fully saturated rings. The number of hydrogen-bond acceptors (Lipinski definition) is 3. The van der Waals surface area contributed by atoms with Crippen LogP contribution in [-0.2, 0) is 18.2 Å². The first-order chi connectivity index (χ1) is 10.1. The first-order valence-corrected chi connectivity index (χ1v) is 7.53. The summed E-state index contributed by atoms with van der Waals surface area (Å²) in [6, 6.07) is 8.48. The molecule has 1 aromatic carbocycles. The number of rotatable bonds is 3. The van der Waals surface area contributed by atoms with Crippen molar-refractivity contribution in [3.8, 4) is 0 Å². The first kappa shape index (κ1) is 14.3. The van der Waals surface area contributed by atoms with Gasteiger partial charge >= 0.3 is 0 Å². The molecule has 0 bridgehead atoms. The van der Waals surface area contributed by atoms with Gasteiger partial charge in [0.2, 0.25) is 0 Å². The van der Waals surface area contributed by atoms with Crippen LogP contribution in [0.1, 0.15) is 46.6 Å². The molecule has 4 heteroatoms. The van der Waals surface area contributed by atoms with E-state index >= 15 is 0 Å². The van der Waals surface area contributed by atoms with Crippen LogP contribution in [0.3, 0.4) is 0 Å². The van der Waals surface area contributed by atoms with Crippen molar-refractivity contribution in [2.75, 3.05) is 6.61 Å². The summed E-state index contributed by atoms with van der Waals surface area (Å²) in [5.74, 6) is 0. The predicted molar refractivity (Wildman–Crippen MR) is 83.1 cm³/mol. The Labute approximate surface area is 125 Å². The van der Waals surface area contributed by atoms with Gasteiger partial charge in [-0.1, -0.05) is 24.3 Å². The Balaban J connectivity index is 1.84. The van der Waals surface area contributed by atoms with Gasteiger partial charge in [0.05, 0.1) is 18.4 Å². The van der Waals surface area contributed by atoms with Crippen molar-refractivity contribution < 1.29 is 4.74 Å². The van der Waals surface area contributed by atoms with Gasteiger partial charge in [0.15, 0.2) is 0 Å². The van der Waals surface area contributed by atoms with Crippen LogP contribution in [-0.4, -0.2) is 16.4 Å². The second kappa shape index (κ2) is 5.62. The summed E-state index contributed by atoms with van der Waals surface area (Å²) in [4.78, 5) is 0. The second-order valence-corrected chi connectivity index (χ2v) is 5.86. The Kier molecular flexibility index (Phi) is 3.83. The van der Waals surface area contributed by atoms with Crippen LogP contribution in [0.25, 0.3) is 0 Å². The molecule has 4 nitrogen and oxygen atoms in total. The molecule has 2 atom stereocenters. The minimum absolute atomic E-state index is 0.0464. The van der Waals surface area contributed by atoms with E-state index in [0.717, 1.165) is 36.4 Å². The molecule has 0 aliphatic carbocycles. The highest BCUT2D eigenvalue weighted by molar-refractivity contribution is 5.33. The first-order valence-electron chi connectivity index (χ1n) is 7.53. The average Bonchev–Trinajstić information content (AvgIpc) is 2.72. The molecule has 0 spiro atoms. The maximum atomic E-state index is 6.46. The van der Waals surface area contributed by atoms with Crippen molar-refractivity contribution in [3.63, 3.8) is 0 Å². The highest BCUT2D eigenvalue weighted by Crippen LogP contribution is 2.34. The van der Waals surface area contributed by atoms with Crippen LogP contribution >= 0.6 is 0 Å². The van der Waals surface area contributed by atoms with Crippen LogP contribution in [0.5, 0.6) is 0 Å². The van der Waals surface area contributed by atoms with Gasteiger partial charge in [-0.3, -0.25) is 4.68 Å². The normalized spacial score (nSPS) is 19.3. The minimum atomic E-state index is -0.0464. The lowest BCUT2D eigenvalue weighted by Crippen LogP contribution is -2.22.